The van der Waals surface area contributed by atoms with Crippen LogP contribution in [-0.4, -0.2) is 37.3 Å². The van der Waals surface area contributed by atoms with Crippen LogP contribution in [0.15, 0.2) is 42.9 Å². The van der Waals surface area contributed by atoms with E-state index in [2.05, 4.69) is 21.2 Å². The van der Waals surface area contributed by atoms with Crippen LogP contribution in [0.4, 0.5) is 5.82 Å². The molecule has 25 heavy (non-hydrogen) atoms. The van der Waals surface area contributed by atoms with Crippen LogP contribution in [0.3, 0.4) is 0 Å². The van der Waals surface area contributed by atoms with E-state index in [1.165, 1.54) is 0 Å². The molecule has 126 valence electrons. The molecule has 5 rings (SSSR count). The molecule has 1 fully saturated rings. The van der Waals surface area contributed by atoms with Gasteiger partial charge in [0.05, 0.1) is 23.9 Å². The Bertz CT molecular complexity index is 1050. The van der Waals surface area contributed by atoms with Gasteiger partial charge in [-0.05, 0) is 37.1 Å². The second kappa shape index (κ2) is 5.56. The molecule has 1 saturated heterocycles. The third-order valence-corrected chi connectivity index (χ3v) is 4.70. The Morgan fingerprint density at radius 1 is 1.28 bits per heavy atom. The first-order valence-electron chi connectivity index (χ1n) is 8.46. The predicted octanol–water partition coefficient (Wildman–Crippen LogP) is 2.53. The van der Waals surface area contributed by atoms with Gasteiger partial charge < -0.3 is 10.5 Å². The zero-order chi connectivity index (χ0) is 16.8. The van der Waals surface area contributed by atoms with Gasteiger partial charge in [-0.25, -0.2) is 9.67 Å². The lowest BCUT2D eigenvalue weighted by atomic mass is 10.1. The third kappa shape index (κ3) is 2.44. The Balaban J connectivity index is 1.62. The molecule has 1 aromatic carbocycles. The summed E-state index contributed by atoms with van der Waals surface area (Å²) in [5.41, 5.74) is 8.72. The number of fused-ring (bicyclic) bond motifs is 3. The number of ether oxygens (including phenoxy) is 1. The number of rotatable bonds is 3. The molecule has 0 spiro atoms. The monoisotopic (exact) mass is 334 g/mol. The molecule has 4 heterocycles. The summed E-state index contributed by atoms with van der Waals surface area (Å²) in [5.74, 6) is 0.450. The molecular weight excluding hydrogens is 316 g/mol. The van der Waals surface area contributed by atoms with Crippen LogP contribution in [0.5, 0.6) is 0 Å². The fourth-order valence-corrected chi connectivity index (χ4v) is 3.49. The van der Waals surface area contributed by atoms with Crippen LogP contribution in [0.25, 0.3) is 27.5 Å². The van der Waals surface area contributed by atoms with Crippen molar-refractivity contribution in [3.8, 4) is 5.69 Å². The average molecular weight is 334 g/mol. The van der Waals surface area contributed by atoms with E-state index in [-0.39, 0.29) is 6.10 Å². The summed E-state index contributed by atoms with van der Waals surface area (Å²) in [7, 11) is 0. The summed E-state index contributed by atoms with van der Waals surface area (Å²) < 4.78 is 9.45. The van der Waals surface area contributed by atoms with Crippen molar-refractivity contribution < 1.29 is 4.74 Å². The van der Waals surface area contributed by atoms with Crippen LogP contribution in [-0.2, 0) is 11.3 Å². The molecule has 1 aliphatic rings. The summed E-state index contributed by atoms with van der Waals surface area (Å²) in [4.78, 5) is 4.55. The summed E-state index contributed by atoms with van der Waals surface area (Å²) >= 11 is 0. The molecule has 7 nitrogen and oxygen atoms in total. The van der Waals surface area contributed by atoms with Crippen molar-refractivity contribution in [3.05, 3.63) is 42.9 Å². The van der Waals surface area contributed by atoms with Gasteiger partial charge in [0.1, 0.15) is 5.52 Å². The number of nitrogen functional groups attached to an aromatic ring is 1. The van der Waals surface area contributed by atoms with Crippen molar-refractivity contribution in [2.24, 2.45) is 0 Å². The zero-order valence-corrected chi connectivity index (χ0v) is 13.7. The number of hydrogen-bond acceptors (Lipinski definition) is 5. The largest absolute Gasteiger partial charge is 0.382 e. The van der Waals surface area contributed by atoms with Crippen molar-refractivity contribution in [2.45, 2.75) is 25.5 Å². The Morgan fingerprint density at radius 3 is 3.04 bits per heavy atom. The molecule has 4 aromatic rings. The van der Waals surface area contributed by atoms with Crippen LogP contribution in [0.2, 0.25) is 0 Å². The number of pyridine rings is 1. The van der Waals surface area contributed by atoms with Crippen molar-refractivity contribution >= 4 is 27.6 Å². The van der Waals surface area contributed by atoms with Crippen molar-refractivity contribution in [1.29, 1.82) is 0 Å². The van der Waals surface area contributed by atoms with Gasteiger partial charge in [0.25, 0.3) is 0 Å². The molecule has 0 aliphatic carbocycles. The fourth-order valence-electron chi connectivity index (χ4n) is 3.49. The van der Waals surface area contributed by atoms with E-state index in [0.29, 0.717) is 5.82 Å². The maximum absolute atomic E-state index is 6.17. The number of hydrogen-bond donors (Lipinski definition) is 1. The van der Waals surface area contributed by atoms with Crippen LogP contribution in [0, 0.1) is 0 Å². The van der Waals surface area contributed by atoms with Gasteiger partial charge in [-0.3, -0.25) is 4.68 Å². The molecule has 1 aliphatic heterocycles. The van der Waals surface area contributed by atoms with Gasteiger partial charge in [0.15, 0.2) is 5.82 Å². The number of anilines is 1. The van der Waals surface area contributed by atoms with E-state index < -0.39 is 0 Å². The Hall–Kier alpha value is -2.93. The lowest BCUT2D eigenvalue weighted by molar-refractivity contribution is 0.0942. The molecular formula is C18H18N6O. The van der Waals surface area contributed by atoms with E-state index >= 15 is 0 Å². The first-order valence-corrected chi connectivity index (χ1v) is 8.46. The van der Waals surface area contributed by atoms with Crippen molar-refractivity contribution in [2.75, 3.05) is 12.3 Å². The van der Waals surface area contributed by atoms with Gasteiger partial charge in [0.2, 0.25) is 0 Å². The van der Waals surface area contributed by atoms with E-state index in [1.54, 1.807) is 6.20 Å². The topological polar surface area (TPSA) is 83.8 Å². The molecule has 0 radical (unpaired) electrons. The minimum Gasteiger partial charge on any atom is -0.382 e. The predicted molar refractivity (Wildman–Crippen MR) is 95.5 cm³/mol. The minimum atomic E-state index is 0.237. The first kappa shape index (κ1) is 14.4. The first-order chi connectivity index (χ1) is 12.3. The SMILES string of the molecule is Nc1nc2cc(-n3cccn3)ccc2c2cn(CC3CCCO3)nc12. The van der Waals surface area contributed by atoms with E-state index in [1.807, 2.05) is 40.0 Å². The smallest absolute Gasteiger partial charge is 0.152 e. The zero-order valence-electron chi connectivity index (χ0n) is 13.7. The van der Waals surface area contributed by atoms with Crippen molar-refractivity contribution in [1.82, 2.24) is 24.5 Å². The van der Waals surface area contributed by atoms with Crippen LogP contribution < -0.4 is 5.73 Å². The molecule has 3 aromatic heterocycles. The van der Waals surface area contributed by atoms with Crippen LogP contribution >= 0.6 is 0 Å². The lowest BCUT2D eigenvalue weighted by Crippen LogP contribution is -2.15. The van der Waals surface area contributed by atoms with Gasteiger partial charge in [-0.15, -0.1) is 0 Å². The highest BCUT2D eigenvalue weighted by molar-refractivity contribution is 6.08. The highest BCUT2D eigenvalue weighted by atomic mass is 16.5. The molecule has 1 unspecified atom stereocenters. The highest BCUT2D eigenvalue weighted by Crippen LogP contribution is 2.28. The molecule has 2 N–H and O–H groups in total. The highest BCUT2D eigenvalue weighted by Gasteiger charge is 2.18. The van der Waals surface area contributed by atoms with E-state index in [4.69, 9.17) is 10.5 Å². The Morgan fingerprint density at radius 2 is 2.24 bits per heavy atom. The Labute approximate surface area is 144 Å². The lowest BCUT2D eigenvalue weighted by Gasteiger charge is -2.08. The number of nitrogens with two attached hydrogens (primary N) is 1. The van der Waals surface area contributed by atoms with E-state index in [0.717, 1.165) is 53.5 Å². The molecule has 0 bridgehead atoms. The van der Waals surface area contributed by atoms with Gasteiger partial charge in [-0.1, -0.05) is 0 Å². The normalized spacial score (nSPS) is 17.7. The number of nitrogens with zero attached hydrogens (tertiary/aromatic N) is 5. The molecule has 0 amide bonds. The standard InChI is InChI=1S/C18H18N6O/c19-18-17-15(11-23(22-17)10-13-3-1-8-25-13)14-5-4-12(9-16(14)21-18)24-7-2-6-20-24/h2,4-7,9,11,13H,1,3,8,10H2,(H2,19,21). The molecule has 7 heteroatoms. The van der Waals surface area contributed by atoms with E-state index in [9.17, 15) is 0 Å². The fraction of sp³-hybridized carbons (Fsp3) is 0.278. The summed E-state index contributed by atoms with van der Waals surface area (Å²) in [6, 6.07) is 7.98. The summed E-state index contributed by atoms with van der Waals surface area (Å²) in [6.07, 6.45) is 8.14. The minimum absolute atomic E-state index is 0.237. The second-order valence-electron chi connectivity index (χ2n) is 6.40. The average Bonchev–Trinajstić information content (AvgIpc) is 3.36. The molecule has 1 atom stereocenters. The van der Waals surface area contributed by atoms with Crippen molar-refractivity contribution in [3.63, 3.8) is 0 Å². The maximum atomic E-state index is 6.17. The number of benzene rings is 1. The summed E-state index contributed by atoms with van der Waals surface area (Å²) in [5, 5.41) is 11.0. The third-order valence-electron chi connectivity index (χ3n) is 4.70. The quantitative estimate of drug-likeness (QED) is 0.622. The maximum Gasteiger partial charge on any atom is 0.152 e. The summed E-state index contributed by atoms with van der Waals surface area (Å²) in [6.45, 7) is 1.59. The van der Waals surface area contributed by atoms with Gasteiger partial charge in [0, 0.05) is 36.0 Å². The molecule has 0 saturated carbocycles. The second-order valence-corrected chi connectivity index (χ2v) is 6.40. The van der Waals surface area contributed by atoms with Crippen LogP contribution in [0.1, 0.15) is 12.8 Å². The van der Waals surface area contributed by atoms with Gasteiger partial charge >= 0.3 is 0 Å². The number of aromatic nitrogens is 5. The van der Waals surface area contributed by atoms with Gasteiger partial charge in [-0.2, -0.15) is 10.2 Å². The Kier molecular flexibility index (Phi) is 3.21.